The summed E-state index contributed by atoms with van der Waals surface area (Å²) < 4.78 is 10.3. The van der Waals surface area contributed by atoms with Gasteiger partial charge in [0.2, 0.25) is 0 Å². The molecule has 0 aromatic rings. The maximum Gasteiger partial charge on any atom is 0.315 e. The van der Waals surface area contributed by atoms with Gasteiger partial charge >= 0.3 is 5.97 Å². The topological polar surface area (TPSA) is 38.8 Å². The standard InChI is InChI=1S/C9H17NO3S/c1-14-8-9(11)13-7-4-10-2-5-12-6-3-10/h2-8H2,1H3. The molecule has 0 radical (unpaired) electrons. The number of hydrogen-bond acceptors (Lipinski definition) is 5. The maximum absolute atomic E-state index is 11.0. The number of carbonyl (C=O) groups excluding carboxylic acids is 1. The molecule has 1 rings (SSSR count). The Balaban J connectivity index is 1.99. The molecule has 1 fully saturated rings. The highest BCUT2D eigenvalue weighted by molar-refractivity contribution is 7.99. The lowest BCUT2D eigenvalue weighted by Crippen LogP contribution is -2.38. The molecule has 5 heteroatoms. The number of nitrogens with zero attached hydrogens (tertiary/aromatic N) is 1. The second kappa shape index (κ2) is 7.09. The van der Waals surface area contributed by atoms with Crippen molar-refractivity contribution in [2.75, 3.05) is 51.5 Å². The van der Waals surface area contributed by atoms with Gasteiger partial charge in [-0.15, -0.1) is 0 Å². The summed E-state index contributed by atoms with van der Waals surface area (Å²) in [6.45, 7) is 4.79. The van der Waals surface area contributed by atoms with Gasteiger partial charge in [-0.25, -0.2) is 0 Å². The van der Waals surface area contributed by atoms with Crippen LogP contribution in [0.3, 0.4) is 0 Å². The number of morpholine rings is 1. The van der Waals surface area contributed by atoms with Crippen LogP contribution in [0.1, 0.15) is 0 Å². The molecule has 0 spiro atoms. The third kappa shape index (κ3) is 4.83. The van der Waals surface area contributed by atoms with E-state index < -0.39 is 0 Å². The molecule has 14 heavy (non-hydrogen) atoms. The fourth-order valence-electron chi connectivity index (χ4n) is 1.27. The number of hydrogen-bond donors (Lipinski definition) is 0. The fraction of sp³-hybridized carbons (Fsp3) is 0.889. The molecule has 1 aliphatic rings. The van der Waals surface area contributed by atoms with Crippen molar-refractivity contribution in [3.8, 4) is 0 Å². The third-order valence-electron chi connectivity index (χ3n) is 2.04. The molecular weight excluding hydrogens is 202 g/mol. The van der Waals surface area contributed by atoms with Crippen LogP contribution in [0.5, 0.6) is 0 Å². The monoisotopic (exact) mass is 219 g/mol. The molecule has 0 unspecified atom stereocenters. The van der Waals surface area contributed by atoms with Gasteiger partial charge in [0.25, 0.3) is 0 Å². The first-order chi connectivity index (χ1) is 6.83. The molecule has 4 nitrogen and oxygen atoms in total. The van der Waals surface area contributed by atoms with Crippen molar-refractivity contribution >= 4 is 17.7 Å². The Labute approximate surface area is 88.9 Å². The van der Waals surface area contributed by atoms with Crippen LogP contribution in [0.4, 0.5) is 0 Å². The van der Waals surface area contributed by atoms with E-state index >= 15 is 0 Å². The predicted molar refractivity (Wildman–Crippen MR) is 56.6 cm³/mol. The lowest BCUT2D eigenvalue weighted by Gasteiger charge is -2.26. The molecular formula is C9H17NO3S. The molecule has 82 valence electrons. The van der Waals surface area contributed by atoms with Gasteiger partial charge in [-0.3, -0.25) is 9.69 Å². The van der Waals surface area contributed by atoms with Gasteiger partial charge in [0, 0.05) is 19.6 Å². The Kier molecular flexibility index (Phi) is 5.98. The molecule has 0 aromatic carbocycles. The SMILES string of the molecule is CSCC(=O)OCCN1CCOCC1. The van der Waals surface area contributed by atoms with Gasteiger partial charge in [0.05, 0.1) is 19.0 Å². The highest BCUT2D eigenvalue weighted by Crippen LogP contribution is 1.97. The summed E-state index contributed by atoms with van der Waals surface area (Å²) in [5.74, 6) is 0.328. The van der Waals surface area contributed by atoms with E-state index in [0.717, 1.165) is 32.8 Å². The number of rotatable bonds is 5. The first-order valence-electron chi connectivity index (χ1n) is 4.77. The van der Waals surface area contributed by atoms with Crippen molar-refractivity contribution in [1.82, 2.24) is 4.90 Å². The van der Waals surface area contributed by atoms with Crippen molar-refractivity contribution in [3.05, 3.63) is 0 Å². The highest BCUT2D eigenvalue weighted by atomic mass is 32.2. The van der Waals surface area contributed by atoms with Crippen LogP contribution < -0.4 is 0 Å². The molecule has 0 aromatic heterocycles. The van der Waals surface area contributed by atoms with E-state index in [-0.39, 0.29) is 5.97 Å². The number of esters is 1. The van der Waals surface area contributed by atoms with E-state index in [2.05, 4.69) is 4.90 Å². The molecule has 0 saturated carbocycles. The van der Waals surface area contributed by atoms with Gasteiger partial charge in [0.1, 0.15) is 6.61 Å². The van der Waals surface area contributed by atoms with Crippen LogP contribution in [0.25, 0.3) is 0 Å². The zero-order valence-electron chi connectivity index (χ0n) is 8.53. The minimum absolute atomic E-state index is 0.120. The smallest absolute Gasteiger partial charge is 0.315 e. The van der Waals surface area contributed by atoms with Gasteiger partial charge in [-0.2, -0.15) is 11.8 Å². The van der Waals surface area contributed by atoms with Crippen molar-refractivity contribution in [2.45, 2.75) is 0 Å². The summed E-state index contributed by atoms with van der Waals surface area (Å²) in [4.78, 5) is 13.2. The molecule has 0 bridgehead atoms. The molecule has 1 heterocycles. The van der Waals surface area contributed by atoms with Crippen LogP contribution in [-0.4, -0.2) is 62.3 Å². The van der Waals surface area contributed by atoms with Gasteiger partial charge in [0.15, 0.2) is 0 Å². The molecule has 0 atom stereocenters. The molecule has 1 saturated heterocycles. The van der Waals surface area contributed by atoms with Crippen LogP contribution in [0.2, 0.25) is 0 Å². The summed E-state index contributed by atoms with van der Waals surface area (Å²) >= 11 is 1.49. The lowest BCUT2D eigenvalue weighted by atomic mass is 10.4. The van der Waals surface area contributed by atoms with Crippen molar-refractivity contribution in [2.24, 2.45) is 0 Å². The minimum Gasteiger partial charge on any atom is -0.464 e. The van der Waals surface area contributed by atoms with Gasteiger partial charge in [-0.05, 0) is 6.26 Å². The normalized spacial score (nSPS) is 18.1. The van der Waals surface area contributed by atoms with E-state index in [1.165, 1.54) is 11.8 Å². The van der Waals surface area contributed by atoms with E-state index in [1.54, 1.807) is 0 Å². The van der Waals surface area contributed by atoms with Crippen LogP contribution in [-0.2, 0) is 14.3 Å². The van der Waals surface area contributed by atoms with Gasteiger partial charge < -0.3 is 9.47 Å². The Morgan fingerprint density at radius 2 is 2.21 bits per heavy atom. The van der Waals surface area contributed by atoms with Crippen LogP contribution >= 0.6 is 11.8 Å². The summed E-state index contributed by atoms with van der Waals surface area (Å²) in [6, 6.07) is 0. The minimum atomic E-state index is -0.120. The Bertz CT molecular complexity index is 171. The maximum atomic E-state index is 11.0. The first kappa shape index (κ1) is 11.8. The van der Waals surface area contributed by atoms with E-state index in [0.29, 0.717) is 12.4 Å². The van der Waals surface area contributed by atoms with E-state index in [4.69, 9.17) is 9.47 Å². The Hall–Kier alpha value is -0.260. The Morgan fingerprint density at radius 3 is 2.86 bits per heavy atom. The Morgan fingerprint density at radius 1 is 1.50 bits per heavy atom. The quantitative estimate of drug-likeness (QED) is 0.619. The molecule has 1 aliphatic heterocycles. The molecule has 0 amide bonds. The summed E-state index contributed by atoms with van der Waals surface area (Å²) in [5, 5.41) is 0. The average molecular weight is 219 g/mol. The zero-order valence-corrected chi connectivity index (χ0v) is 9.35. The van der Waals surface area contributed by atoms with Crippen molar-refractivity contribution in [3.63, 3.8) is 0 Å². The fourth-order valence-corrected chi connectivity index (χ4v) is 1.59. The number of carbonyl (C=O) groups is 1. The second-order valence-corrected chi connectivity index (χ2v) is 3.97. The van der Waals surface area contributed by atoms with E-state index in [9.17, 15) is 4.79 Å². The largest absolute Gasteiger partial charge is 0.464 e. The predicted octanol–water partition coefficient (Wildman–Crippen LogP) is 0.225. The third-order valence-corrected chi connectivity index (χ3v) is 2.56. The number of ether oxygens (including phenoxy) is 2. The lowest BCUT2D eigenvalue weighted by molar-refractivity contribution is -0.141. The zero-order chi connectivity index (χ0) is 10.2. The first-order valence-corrected chi connectivity index (χ1v) is 6.17. The van der Waals surface area contributed by atoms with Crippen molar-refractivity contribution in [1.29, 1.82) is 0 Å². The van der Waals surface area contributed by atoms with Crippen LogP contribution in [0.15, 0.2) is 0 Å². The second-order valence-electron chi connectivity index (χ2n) is 3.11. The van der Waals surface area contributed by atoms with E-state index in [1.807, 2.05) is 6.26 Å². The molecule has 0 N–H and O–H groups in total. The van der Waals surface area contributed by atoms with Crippen molar-refractivity contribution < 1.29 is 14.3 Å². The van der Waals surface area contributed by atoms with Crippen LogP contribution in [0, 0.1) is 0 Å². The highest BCUT2D eigenvalue weighted by Gasteiger charge is 2.10. The number of thioether (sulfide) groups is 1. The summed E-state index contributed by atoms with van der Waals surface area (Å²) in [6.07, 6.45) is 1.89. The average Bonchev–Trinajstić information content (AvgIpc) is 2.20. The molecule has 0 aliphatic carbocycles. The summed E-state index contributed by atoms with van der Waals surface area (Å²) in [5.41, 5.74) is 0. The summed E-state index contributed by atoms with van der Waals surface area (Å²) in [7, 11) is 0. The van der Waals surface area contributed by atoms with Gasteiger partial charge in [-0.1, -0.05) is 0 Å².